The van der Waals surface area contributed by atoms with Gasteiger partial charge in [-0.3, -0.25) is 4.79 Å². The number of carbonyl (C=O) groups is 1. The third-order valence-corrected chi connectivity index (χ3v) is 4.41. The number of hydrogen-bond acceptors (Lipinski definition) is 3. The minimum absolute atomic E-state index is 0.140. The van der Waals surface area contributed by atoms with Crippen molar-refractivity contribution in [2.75, 3.05) is 6.54 Å². The van der Waals surface area contributed by atoms with E-state index in [4.69, 9.17) is 10.2 Å². The molecular weight excluding hydrogens is 240 g/mol. The average molecular weight is 264 g/mol. The van der Waals surface area contributed by atoms with E-state index in [-0.39, 0.29) is 11.4 Å². The SMILES string of the molecule is CCc1ccc(C(=O)NC2(CN)CCCCC2C)o1. The highest BCUT2D eigenvalue weighted by atomic mass is 16.3. The Morgan fingerprint density at radius 3 is 2.89 bits per heavy atom. The fourth-order valence-corrected chi connectivity index (χ4v) is 2.93. The van der Waals surface area contributed by atoms with Gasteiger partial charge in [-0.15, -0.1) is 0 Å². The van der Waals surface area contributed by atoms with Gasteiger partial charge in [0, 0.05) is 13.0 Å². The third-order valence-electron chi connectivity index (χ3n) is 4.41. The van der Waals surface area contributed by atoms with Gasteiger partial charge in [0.05, 0.1) is 5.54 Å². The van der Waals surface area contributed by atoms with E-state index in [0.717, 1.165) is 31.4 Å². The van der Waals surface area contributed by atoms with Crippen molar-refractivity contribution in [3.05, 3.63) is 23.7 Å². The summed E-state index contributed by atoms with van der Waals surface area (Å²) in [6.07, 6.45) is 5.22. The summed E-state index contributed by atoms with van der Waals surface area (Å²) in [4.78, 5) is 12.3. The van der Waals surface area contributed by atoms with Crippen LogP contribution in [0.1, 0.15) is 55.8 Å². The fourth-order valence-electron chi connectivity index (χ4n) is 2.93. The van der Waals surface area contributed by atoms with Gasteiger partial charge in [-0.1, -0.05) is 26.7 Å². The summed E-state index contributed by atoms with van der Waals surface area (Å²) in [5, 5.41) is 3.13. The van der Waals surface area contributed by atoms with Crippen molar-refractivity contribution in [2.24, 2.45) is 11.7 Å². The predicted molar refractivity (Wildman–Crippen MR) is 75.0 cm³/mol. The first-order valence-corrected chi connectivity index (χ1v) is 7.22. The summed E-state index contributed by atoms with van der Waals surface area (Å²) in [5.74, 6) is 1.50. The molecule has 1 amide bonds. The number of nitrogens with one attached hydrogen (secondary N) is 1. The van der Waals surface area contributed by atoms with Gasteiger partial charge in [0.25, 0.3) is 5.91 Å². The number of nitrogens with two attached hydrogens (primary N) is 1. The van der Waals surface area contributed by atoms with Crippen molar-refractivity contribution in [1.29, 1.82) is 0 Å². The van der Waals surface area contributed by atoms with Gasteiger partial charge in [0.2, 0.25) is 0 Å². The third kappa shape index (κ3) is 2.84. The Kier molecular flexibility index (Phi) is 4.30. The van der Waals surface area contributed by atoms with E-state index >= 15 is 0 Å². The van der Waals surface area contributed by atoms with Crippen LogP contribution in [0.25, 0.3) is 0 Å². The summed E-state index contributed by atoms with van der Waals surface area (Å²) < 4.78 is 5.51. The topological polar surface area (TPSA) is 68.3 Å². The molecule has 1 fully saturated rings. The van der Waals surface area contributed by atoms with E-state index in [1.54, 1.807) is 6.07 Å². The van der Waals surface area contributed by atoms with E-state index in [0.29, 0.717) is 18.2 Å². The second-order valence-corrected chi connectivity index (χ2v) is 5.58. The normalized spacial score (nSPS) is 27.2. The molecule has 0 spiro atoms. The number of rotatable bonds is 4. The lowest BCUT2D eigenvalue weighted by molar-refractivity contribution is 0.0783. The molecular formula is C15H24N2O2. The van der Waals surface area contributed by atoms with Gasteiger partial charge < -0.3 is 15.5 Å². The van der Waals surface area contributed by atoms with Crippen LogP contribution in [-0.4, -0.2) is 18.0 Å². The van der Waals surface area contributed by atoms with Gasteiger partial charge in [-0.25, -0.2) is 0 Å². The highest BCUT2D eigenvalue weighted by molar-refractivity contribution is 5.92. The number of carbonyl (C=O) groups excluding carboxylic acids is 1. The van der Waals surface area contributed by atoms with Gasteiger partial charge in [-0.05, 0) is 30.9 Å². The molecule has 2 rings (SSSR count). The minimum atomic E-state index is -0.269. The lowest BCUT2D eigenvalue weighted by atomic mass is 9.73. The Labute approximate surface area is 114 Å². The molecule has 2 atom stereocenters. The summed E-state index contributed by atoms with van der Waals surface area (Å²) in [5.41, 5.74) is 5.67. The average Bonchev–Trinajstić information content (AvgIpc) is 2.90. The highest BCUT2D eigenvalue weighted by Gasteiger charge is 2.38. The van der Waals surface area contributed by atoms with Crippen LogP contribution < -0.4 is 11.1 Å². The molecule has 106 valence electrons. The largest absolute Gasteiger partial charge is 0.456 e. The van der Waals surface area contributed by atoms with Crippen LogP contribution in [0.4, 0.5) is 0 Å². The first kappa shape index (κ1) is 14.1. The van der Waals surface area contributed by atoms with E-state index < -0.39 is 0 Å². The van der Waals surface area contributed by atoms with E-state index in [1.165, 1.54) is 6.42 Å². The Bertz CT molecular complexity index is 441. The molecule has 0 aromatic carbocycles. The maximum absolute atomic E-state index is 12.3. The van der Waals surface area contributed by atoms with Crippen molar-refractivity contribution in [3.63, 3.8) is 0 Å². The molecule has 2 unspecified atom stereocenters. The molecule has 1 aromatic rings. The molecule has 3 N–H and O–H groups in total. The summed E-state index contributed by atoms with van der Waals surface area (Å²) in [6, 6.07) is 3.60. The summed E-state index contributed by atoms with van der Waals surface area (Å²) in [6.45, 7) is 4.66. The standard InChI is InChI=1S/C15H24N2O2/c1-3-12-7-8-13(19-12)14(18)17-15(10-16)9-5-4-6-11(15)2/h7-8,11H,3-6,9-10,16H2,1-2H3,(H,17,18). The van der Waals surface area contributed by atoms with Crippen LogP contribution in [0.15, 0.2) is 16.5 Å². The predicted octanol–water partition coefficient (Wildman–Crippen LogP) is 2.48. The number of hydrogen-bond donors (Lipinski definition) is 2. The van der Waals surface area contributed by atoms with Crippen LogP contribution >= 0.6 is 0 Å². The van der Waals surface area contributed by atoms with Crippen LogP contribution in [0.2, 0.25) is 0 Å². The molecule has 19 heavy (non-hydrogen) atoms. The second kappa shape index (κ2) is 5.78. The molecule has 4 nitrogen and oxygen atoms in total. The smallest absolute Gasteiger partial charge is 0.287 e. The van der Waals surface area contributed by atoms with Crippen molar-refractivity contribution in [1.82, 2.24) is 5.32 Å². The van der Waals surface area contributed by atoms with E-state index in [1.807, 2.05) is 13.0 Å². The second-order valence-electron chi connectivity index (χ2n) is 5.58. The highest BCUT2D eigenvalue weighted by Crippen LogP contribution is 2.33. The molecule has 4 heteroatoms. The minimum Gasteiger partial charge on any atom is -0.456 e. The molecule has 0 radical (unpaired) electrons. The van der Waals surface area contributed by atoms with Crippen LogP contribution in [0.5, 0.6) is 0 Å². The quantitative estimate of drug-likeness (QED) is 0.877. The molecule has 1 saturated carbocycles. The molecule has 1 aliphatic carbocycles. The maximum atomic E-state index is 12.3. The summed E-state index contributed by atoms with van der Waals surface area (Å²) >= 11 is 0. The van der Waals surface area contributed by atoms with Crippen molar-refractivity contribution >= 4 is 5.91 Å². The number of amides is 1. The molecule has 0 bridgehead atoms. The zero-order valence-electron chi connectivity index (χ0n) is 11.9. The number of furan rings is 1. The van der Waals surface area contributed by atoms with Crippen LogP contribution in [0, 0.1) is 5.92 Å². The Morgan fingerprint density at radius 1 is 1.53 bits per heavy atom. The Morgan fingerprint density at radius 2 is 2.32 bits per heavy atom. The first-order chi connectivity index (χ1) is 9.11. The number of aryl methyl sites for hydroxylation is 1. The molecule has 0 aliphatic heterocycles. The molecule has 0 saturated heterocycles. The lowest BCUT2D eigenvalue weighted by Crippen LogP contribution is -2.59. The van der Waals surface area contributed by atoms with Gasteiger partial charge in [0.1, 0.15) is 5.76 Å². The van der Waals surface area contributed by atoms with Crippen molar-refractivity contribution in [3.8, 4) is 0 Å². The first-order valence-electron chi connectivity index (χ1n) is 7.22. The zero-order chi connectivity index (χ0) is 13.9. The van der Waals surface area contributed by atoms with Crippen molar-refractivity contribution < 1.29 is 9.21 Å². The van der Waals surface area contributed by atoms with Crippen molar-refractivity contribution in [2.45, 2.75) is 51.5 Å². The van der Waals surface area contributed by atoms with Crippen LogP contribution in [-0.2, 0) is 6.42 Å². The fraction of sp³-hybridized carbons (Fsp3) is 0.667. The van der Waals surface area contributed by atoms with Gasteiger partial charge >= 0.3 is 0 Å². The Hall–Kier alpha value is -1.29. The van der Waals surface area contributed by atoms with Crippen LogP contribution in [0.3, 0.4) is 0 Å². The molecule has 1 aliphatic rings. The summed E-state index contributed by atoms with van der Waals surface area (Å²) in [7, 11) is 0. The zero-order valence-corrected chi connectivity index (χ0v) is 11.9. The van der Waals surface area contributed by atoms with Gasteiger partial charge in [0.15, 0.2) is 5.76 Å². The Balaban J connectivity index is 2.11. The van der Waals surface area contributed by atoms with Gasteiger partial charge in [-0.2, -0.15) is 0 Å². The molecule has 1 aromatic heterocycles. The van der Waals surface area contributed by atoms with E-state index in [2.05, 4.69) is 12.2 Å². The monoisotopic (exact) mass is 264 g/mol. The lowest BCUT2D eigenvalue weighted by Gasteiger charge is -2.42. The molecule has 1 heterocycles. The maximum Gasteiger partial charge on any atom is 0.287 e. The van der Waals surface area contributed by atoms with E-state index in [9.17, 15) is 4.79 Å².